The van der Waals surface area contributed by atoms with E-state index in [4.69, 9.17) is 5.73 Å². The number of amides is 1. The van der Waals surface area contributed by atoms with Crippen LogP contribution in [0.25, 0.3) is 0 Å². The minimum Gasteiger partial charge on any atom is -0.396 e. The lowest BCUT2D eigenvalue weighted by atomic mass is 10.1. The van der Waals surface area contributed by atoms with Crippen molar-refractivity contribution in [3.8, 4) is 0 Å². The van der Waals surface area contributed by atoms with Crippen molar-refractivity contribution in [2.75, 3.05) is 31.9 Å². The number of halogens is 2. The number of nitrogen functional groups attached to an aromatic ring is 1. The first kappa shape index (κ1) is 15.3. The normalized spacial score (nSPS) is 16.1. The van der Waals surface area contributed by atoms with E-state index in [0.717, 1.165) is 19.6 Å². The molecule has 1 aromatic rings. The van der Waals surface area contributed by atoms with Crippen molar-refractivity contribution in [1.82, 2.24) is 10.2 Å². The maximum Gasteiger partial charge on any atom is 0.252 e. The third kappa shape index (κ3) is 3.93. The monoisotopic (exact) mass is 343 g/mol. The van der Waals surface area contributed by atoms with Gasteiger partial charge in [0.05, 0.1) is 11.3 Å². The van der Waals surface area contributed by atoms with E-state index in [2.05, 4.69) is 26.1 Å². The number of benzene rings is 1. The van der Waals surface area contributed by atoms with Gasteiger partial charge in [0, 0.05) is 17.6 Å². The van der Waals surface area contributed by atoms with E-state index >= 15 is 0 Å². The number of hydrogen-bond donors (Lipinski definition) is 2. The standard InChI is InChI=1S/C14H19BrFN3O/c15-11-9-12(16)13(17)8-10(11)14(20)18-4-7-19-5-2-1-3-6-19/h8-9H,1-7,17H2,(H,18,20). The number of piperidine rings is 1. The van der Waals surface area contributed by atoms with Crippen molar-refractivity contribution >= 4 is 27.5 Å². The third-order valence-electron chi connectivity index (χ3n) is 3.49. The van der Waals surface area contributed by atoms with Crippen LogP contribution in [0.3, 0.4) is 0 Å². The number of hydrogen-bond acceptors (Lipinski definition) is 3. The molecule has 1 aliphatic heterocycles. The van der Waals surface area contributed by atoms with Crippen molar-refractivity contribution in [3.05, 3.63) is 28.0 Å². The number of nitrogens with two attached hydrogens (primary N) is 1. The maximum absolute atomic E-state index is 13.2. The number of anilines is 1. The number of rotatable bonds is 4. The molecule has 1 fully saturated rings. The molecule has 0 bridgehead atoms. The molecule has 0 unspecified atom stereocenters. The van der Waals surface area contributed by atoms with Crippen molar-refractivity contribution in [3.63, 3.8) is 0 Å². The Hall–Kier alpha value is -1.14. The van der Waals surface area contributed by atoms with Gasteiger partial charge in [0.15, 0.2) is 0 Å². The van der Waals surface area contributed by atoms with E-state index < -0.39 is 5.82 Å². The zero-order chi connectivity index (χ0) is 14.5. The lowest BCUT2D eigenvalue weighted by Crippen LogP contribution is -2.37. The molecule has 1 heterocycles. The summed E-state index contributed by atoms with van der Waals surface area (Å²) in [5.41, 5.74) is 5.83. The maximum atomic E-state index is 13.2. The summed E-state index contributed by atoms with van der Waals surface area (Å²) < 4.78 is 13.6. The Kier molecular flexibility index (Phi) is 5.37. The Balaban J connectivity index is 1.87. The number of likely N-dealkylation sites (tertiary alicyclic amines) is 1. The molecule has 0 radical (unpaired) electrons. The Bertz CT molecular complexity index is 490. The SMILES string of the molecule is Nc1cc(C(=O)NCCN2CCCCC2)c(Br)cc1F. The van der Waals surface area contributed by atoms with Gasteiger partial charge in [-0.1, -0.05) is 6.42 Å². The number of nitrogens with one attached hydrogen (secondary N) is 1. The summed E-state index contributed by atoms with van der Waals surface area (Å²) in [5, 5.41) is 2.85. The summed E-state index contributed by atoms with van der Waals surface area (Å²) in [6, 6.07) is 2.57. The summed E-state index contributed by atoms with van der Waals surface area (Å²) in [7, 11) is 0. The molecule has 0 atom stereocenters. The highest BCUT2D eigenvalue weighted by Gasteiger charge is 2.14. The van der Waals surface area contributed by atoms with Gasteiger partial charge in [-0.15, -0.1) is 0 Å². The van der Waals surface area contributed by atoms with E-state index in [1.165, 1.54) is 31.4 Å². The van der Waals surface area contributed by atoms with Gasteiger partial charge in [-0.3, -0.25) is 4.79 Å². The van der Waals surface area contributed by atoms with Gasteiger partial charge >= 0.3 is 0 Å². The molecule has 20 heavy (non-hydrogen) atoms. The lowest BCUT2D eigenvalue weighted by Gasteiger charge is -2.26. The van der Waals surface area contributed by atoms with Crippen LogP contribution in [-0.4, -0.2) is 37.0 Å². The van der Waals surface area contributed by atoms with Crippen LogP contribution >= 0.6 is 15.9 Å². The summed E-state index contributed by atoms with van der Waals surface area (Å²) in [6.45, 7) is 3.63. The molecule has 3 N–H and O–H groups in total. The van der Waals surface area contributed by atoms with Crippen molar-refractivity contribution in [2.24, 2.45) is 0 Å². The molecule has 4 nitrogen and oxygen atoms in total. The van der Waals surface area contributed by atoms with Crippen LogP contribution in [0.2, 0.25) is 0 Å². The van der Waals surface area contributed by atoms with Gasteiger partial charge in [-0.05, 0) is 54.0 Å². The lowest BCUT2D eigenvalue weighted by molar-refractivity contribution is 0.0946. The largest absolute Gasteiger partial charge is 0.396 e. The predicted molar refractivity (Wildman–Crippen MR) is 81.1 cm³/mol. The van der Waals surface area contributed by atoms with Crippen LogP contribution in [0.4, 0.5) is 10.1 Å². The van der Waals surface area contributed by atoms with Crippen molar-refractivity contribution < 1.29 is 9.18 Å². The minimum absolute atomic E-state index is 0.0191. The topological polar surface area (TPSA) is 58.4 Å². The first-order valence-corrected chi connectivity index (χ1v) is 7.62. The summed E-state index contributed by atoms with van der Waals surface area (Å²) in [4.78, 5) is 14.4. The van der Waals surface area contributed by atoms with Crippen LogP contribution in [0.1, 0.15) is 29.6 Å². The van der Waals surface area contributed by atoms with Gasteiger partial charge < -0.3 is 16.0 Å². The van der Waals surface area contributed by atoms with E-state index in [1.807, 2.05) is 0 Å². The molecule has 0 spiro atoms. The summed E-state index contributed by atoms with van der Waals surface area (Å²) >= 11 is 3.18. The summed E-state index contributed by atoms with van der Waals surface area (Å²) in [6.07, 6.45) is 3.76. The number of carbonyl (C=O) groups excluding carboxylic acids is 1. The van der Waals surface area contributed by atoms with Crippen LogP contribution in [-0.2, 0) is 0 Å². The second kappa shape index (κ2) is 7.04. The Morgan fingerprint density at radius 2 is 2.05 bits per heavy atom. The molecule has 0 aliphatic carbocycles. The fourth-order valence-corrected chi connectivity index (χ4v) is 2.84. The molecule has 1 aliphatic rings. The second-order valence-corrected chi connectivity index (χ2v) is 5.87. The van der Waals surface area contributed by atoms with E-state index in [-0.39, 0.29) is 11.6 Å². The Labute approximate surface area is 126 Å². The predicted octanol–water partition coefficient (Wildman–Crippen LogP) is 2.39. The molecule has 0 aromatic heterocycles. The highest BCUT2D eigenvalue weighted by atomic mass is 79.9. The first-order valence-electron chi connectivity index (χ1n) is 6.83. The Morgan fingerprint density at radius 1 is 1.35 bits per heavy atom. The number of carbonyl (C=O) groups is 1. The molecule has 2 rings (SSSR count). The third-order valence-corrected chi connectivity index (χ3v) is 4.15. The molecule has 110 valence electrons. The van der Waals surface area contributed by atoms with Gasteiger partial charge in [-0.25, -0.2) is 4.39 Å². The van der Waals surface area contributed by atoms with Crippen molar-refractivity contribution in [2.45, 2.75) is 19.3 Å². The zero-order valence-corrected chi connectivity index (χ0v) is 12.9. The second-order valence-electron chi connectivity index (χ2n) is 5.01. The van der Waals surface area contributed by atoms with Crippen LogP contribution < -0.4 is 11.1 Å². The fourth-order valence-electron chi connectivity index (χ4n) is 2.35. The average Bonchev–Trinajstić information content (AvgIpc) is 2.44. The molecule has 6 heteroatoms. The molecular formula is C14H19BrFN3O. The molecule has 1 saturated heterocycles. The van der Waals surface area contributed by atoms with Crippen molar-refractivity contribution in [1.29, 1.82) is 0 Å². The Morgan fingerprint density at radius 3 is 2.75 bits per heavy atom. The van der Waals surface area contributed by atoms with Gasteiger partial charge in [-0.2, -0.15) is 0 Å². The smallest absolute Gasteiger partial charge is 0.252 e. The van der Waals surface area contributed by atoms with E-state index in [1.54, 1.807) is 0 Å². The summed E-state index contributed by atoms with van der Waals surface area (Å²) in [5.74, 6) is -0.762. The first-order chi connectivity index (χ1) is 9.58. The minimum atomic E-state index is -0.526. The molecular weight excluding hydrogens is 325 g/mol. The molecule has 1 amide bonds. The number of nitrogens with zero attached hydrogens (tertiary/aromatic N) is 1. The van der Waals surface area contributed by atoms with Gasteiger partial charge in [0.1, 0.15) is 5.82 Å². The van der Waals surface area contributed by atoms with Crippen LogP contribution in [0.5, 0.6) is 0 Å². The quantitative estimate of drug-likeness (QED) is 0.825. The van der Waals surface area contributed by atoms with E-state index in [9.17, 15) is 9.18 Å². The highest BCUT2D eigenvalue weighted by molar-refractivity contribution is 9.10. The molecule has 0 saturated carbocycles. The van der Waals surface area contributed by atoms with Crippen LogP contribution in [0, 0.1) is 5.82 Å². The van der Waals surface area contributed by atoms with Gasteiger partial charge in [0.25, 0.3) is 5.91 Å². The highest BCUT2D eigenvalue weighted by Crippen LogP contribution is 2.22. The van der Waals surface area contributed by atoms with Crippen LogP contribution in [0.15, 0.2) is 16.6 Å². The average molecular weight is 344 g/mol. The fraction of sp³-hybridized carbons (Fsp3) is 0.500. The molecule has 1 aromatic carbocycles. The van der Waals surface area contributed by atoms with E-state index in [0.29, 0.717) is 16.6 Å². The zero-order valence-electron chi connectivity index (χ0n) is 11.3. The van der Waals surface area contributed by atoms with Gasteiger partial charge in [0.2, 0.25) is 0 Å².